The predicted molar refractivity (Wildman–Crippen MR) is 108 cm³/mol. The zero-order valence-electron chi connectivity index (χ0n) is 14.8. The lowest BCUT2D eigenvalue weighted by molar-refractivity contribution is -0.117. The molecule has 144 valence electrons. The molecule has 9 heteroatoms. The number of amides is 2. The fourth-order valence-corrected chi connectivity index (χ4v) is 3.50. The summed E-state index contributed by atoms with van der Waals surface area (Å²) in [5, 5.41) is 3.34. The first-order valence-corrected chi connectivity index (χ1v) is 9.73. The van der Waals surface area contributed by atoms with Gasteiger partial charge < -0.3 is 4.74 Å². The van der Waals surface area contributed by atoms with Crippen LogP contribution in [0.25, 0.3) is 16.6 Å². The van der Waals surface area contributed by atoms with Crippen LogP contribution in [0.1, 0.15) is 6.92 Å². The van der Waals surface area contributed by atoms with Gasteiger partial charge in [-0.1, -0.05) is 41.6 Å². The number of halogens is 1. The first-order valence-electron chi connectivity index (χ1n) is 8.36. The number of alkyl carbamates (subject to hydrolysis) is 1. The lowest BCUT2D eigenvalue weighted by Gasteiger charge is -2.13. The van der Waals surface area contributed by atoms with Gasteiger partial charge in [0.05, 0.1) is 29.0 Å². The van der Waals surface area contributed by atoms with Gasteiger partial charge >= 0.3 is 6.09 Å². The topological polar surface area (TPSA) is 90.3 Å². The van der Waals surface area contributed by atoms with Gasteiger partial charge in [0.25, 0.3) is 5.56 Å². The van der Waals surface area contributed by atoms with Gasteiger partial charge in [0.15, 0.2) is 5.16 Å². The Labute approximate surface area is 169 Å². The van der Waals surface area contributed by atoms with Crippen molar-refractivity contribution in [2.45, 2.75) is 12.1 Å². The van der Waals surface area contributed by atoms with Crippen molar-refractivity contribution < 1.29 is 14.3 Å². The third-order valence-electron chi connectivity index (χ3n) is 3.66. The molecule has 2 aromatic carbocycles. The SMILES string of the molecule is CCOC(=O)NC(=O)CSc1nc2ccccc2c(=O)n1-c1cccc(Cl)c1. The Kier molecular flexibility index (Phi) is 6.33. The zero-order valence-corrected chi connectivity index (χ0v) is 16.4. The van der Waals surface area contributed by atoms with Gasteiger partial charge in [-0.05, 0) is 37.3 Å². The molecule has 3 rings (SSSR count). The number of ether oxygens (including phenoxy) is 1. The van der Waals surface area contributed by atoms with E-state index in [9.17, 15) is 14.4 Å². The Bertz CT molecular complexity index is 1100. The van der Waals surface area contributed by atoms with E-state index in [2.05, 4.69) is 15.0 Å². The molecular weight excluding hydrogens is 402 g/mol. The van der Waals surface area contributed by atoms with Gasteiger partial charge in [-0.15, -0.1) is 0 Å². The minimum absolute atomic E-state index is 0.121. The molecule has 0 saturated carbocycles. The molecule has 0 radical (unpaired) electrons. The van der Waals surface area contributed by atoms with Crippen LogP contribution in [0.2, 0.25) is 5.02 Å². The van der Waals surface area contributed by atoms with E-state index in [0.717, 1.165) is 11.8 Å². The van der Waals surface area contributed by atoms with Crippen LogP contribution < -0.4 is 10.9 Å². The minimum atomic E-state index is -0.813. The molecule has 1 heterocycles. The van der Waals surface area contributed by atoms with Crippen LogP contribution in [0.15, 0.2) is 58.5 Å². The van der Waals surface area contributed by atoms with E-state index in [4.69, 9.17) is 11.6 Å². The maximum absolute atomic E-state index is 13.1. The third-order valence-corrected chi connectivity index (χ3v) is 4.83. The second-order valence-corrected chi connectivity index (χ2v) is 6.97. The van der Waals surface area contributed by atoms with Gasteiger partial charge in [-0.3, -0.25) is 19.5 Å². The summed E-state index contributed by atoms with van der Waals surface area (Å²) in [4.78, 5) is 40.9. The number of nitrogens with one attached hydrogen (secondary N) is 1. The van der Waals surface area contributed by atoms with Crippen molar-refractivity contribution in [1.29, 1.82) is 0 Å². The minimum Gasteiger partial charge on any atom is -0.450 e. The molecule has 0 aliphatic rings. The second-order valence-electron chi connectivity index (χ2n) is 5.59. The molecule has 0 aliphatic carbocycles. The summed E-state index contributed by atoms with van der Waals surface area (Å²) in [5.41, 5.74) is 0.768. The van der Waals surface area contributed by atoms with E-state index in [1.54, 1.807) is 55.5 Å². The van der Waals surface area contributed by atoms with Gasteiger partial charge in [-0.2, -0.15) is 0 Å². The summed E-state index contributed by atoms with van der Waals surface area (Å²) in [6.07, 6.45) is -0.813. The van der Waals surface area contributed by atoms with Crippen LogP contribution in [-0.4, -0.2) is 33.9 Å². The van der Waals surface area contributed by atoms with Crippen molar-refractivity contribution in [1.82, 2.24) is 14.9 Å². The molecule has 0 aliphatic heterocycles. The molecule has 0 bridgehead atoms. The number of nitrogens with zero attached hydrogens (tertiary/aromatic N) is 2. The summed E-state index contributed by atoms with van der Waals surface area (Å²) in [5.74, 6) is -0.673. The standard InChI is InChI=1S/C19H16ClN3O4S/c1-2-27-19(26)22-16(24)11-28-18-21-15-9-4-3-8-14(15)17(25)23(18)13-7-5-6-12(20)10-13/h3-10H,2,11H2,1H3,(H,22,24,26). The summed E-state index contributed by atoms with van der Waals surface area (Å²) >= 11 is 7.11. The van der Waals surface area contributed by atoms with E-state index in [1.165, 1.54) is 4.57 Å². The first kappa shape index (κ1) is 19.9. The van der Waals surface area contributed by atoms with Gasteiger partial charge in [-0.25, -0.2) is 9.78 Å². The van der Waals surface area contributed by atoms with E-state index in [-0.39, 0.29) is 17.9 Å². The van der Waals surface area contributed by atoms with Gasteiger partial charge in [0.2, 0.25) is 5.91 Å². The molecule has 3 aromatic rings. The quantitative estimate of drug-likeness (QED) is 0.505. The number of benzene rings is 2. The molecule has 0 saturated heterocycles. The highest BCUT2D eigenvalue weighted by atomic mass is 35.5. The number of hydrogen-bond acceptors (Lipinski definition) is 6. The maximum atomic E-state index is 13.1. The number of fused-ring (bicyclic) bond motifs is 1. The van der Waals surface area contributed by atoms with Crippen molar-refractivity contribution in [3.05, 3.63) is 63.9 Å². The number of carbonyl (C=O) groups excluding carboxylic acids is 2. The third kappa shape index (κ3) is 4.52. The maximum Gasteiger partial charge on any atom is 0.413 e. The normalized spacial score (nSPS) is 10.6. The van der Waals surface area contributed by atoms with Crippen LogP contribution in [0, 0.1) is 0 Å². The molecule has 28 heavy (non-hydrogen) atoms. The van der Waals surface area contributed by atoms with Crippen molar-refractivity contribution in [3.8, 4) is 5.69 Å². The Hall–Kier alpha value is -2.84. The summed E-state index contributed by atoms with van der Waals surface area (Å²) in [7, 11) is 0. The monoisotopic (exact) mass is 417 g/mol. The first-order chi connectivity index (χ1) is 13.5. The Morgan fingerprint density at radius 3 is 2.75 bits per heavy atom. The number of para-hydroxylation sites is 1. The highest BCUT2D eigenvalue weighted by Crippen LogP contribution is 2.22. The fourth-order valence-electron chi connectivity index (χ4n) is 2.50. The smallest absolute Gasteiger partial charge is 0.413 e. The van der Waals surface area contributed by atoms with E-state index < -0.39 is 12.0 Å². The molecule has 0 atom stereocenters. The lowest BCUT2D eigenvalue weighted by atomic mass is 10.2. The molecule has 0 spiro atoms. The van der Waals surface area contributed by atoms with Crippen LogP contribution in [0.5, 0.6) is 0 Å². The van der Waals surface area contributed by atoms with Crippen molar-refractivity contribution in [2.24, 2.45) is 0 Å². The van der Waals surface area contributed by atoms with Gasteiger partial charge in [0.1, 0.15) is 0 Å². The number of hydrogen-bond donors (Lipinski definition) is 1. The number of imide groups is 1. The molecular formula is C19H16ClN3O4S. The second kappa shape index (κ2) is 8.90. The Balaban J connectivity index is 1.98. The number of thioether (sulfide) groups is 1. The van der Waals surface area contributed by atoms with Gasteiger partial charge in [0, 0.05) is 5.02 Å². The highest BCUT2D eigenvalue weighted by Gasteiger charge is 2.16. The molecule has 0 fully saturated rings. The van der Waals surface area contributed by atoms with E-state index in [0.29, 0.717) is 26.8 Å². The van der Waals surface area contributed by atoms with Crippen LogP contribution in [0.3, 0.4) is 0 Å². The largest absolute Gasteiger partial charge is 0.450 e. The van der Waals surface area contributed by atoms with E-state index >= 15 is 0 Å². The lowest BCUT2D eigenvalue weighted by Crippen LogP contribution is -2.32. The summed E-state index contributed by atoms with van der Waals surface area (Å²) < 4.78 is 6.08. The fraction of sp³-hybridized carbons (Fsp3) is 0.158. The highest BCUT2D eigenvalue weighted by molar-refractivity contribution is 7.99. The predicted octanol–water partition coefficient (Wildman–Crippen LogP) is 3.40. The molecule has 7 nitrogen and oxygen atoms in total. The Morgan fingerprint density at radius 1 is 1.21 bits per heavy atom. The number of aromatic nitrogens is 2. The summed E-state index contributed by atoms with van der Waals surface area (Å²) in [6.45, 7) is 1.80. The van der Waals surface area contributed by atoms with E-state index in [1.807, 2.05) is 0 Å². The van der Waals surface area contributed by atoms with Crippen LogP contribution in [-0.2, 0) is 9.53 Å². The zero-order chi connectivity index (χ0) is 20.1. The Morgan fingerprint density at radius 2 is 2.00 bits per heavy atom. The summed E-state index contributed by atoms with van der Waals surface area (Å²) in [6, 6.07) is 13.7. The van der Waals surface area contributed by atoms with Crippen LogP contribution in [0.4, 0.5) is 4.79 Å². The van der Waals surface area contributed by atoms with Crippen molar-refractivity contribution >= 4 is 46.3 Å². The van der Waals surface area contributed by atoms with Crippen molar-refractivity contribution in [3.63, 3.8) is 0 Å². The average molecular weight is 418 g/mol. The average Bonchev–Trinajstić information content (AvgIpc) is 2.66. The molecule has 1 aromatic heterocycles. The van der Waals surface area contributed by atoms with Crippen molar-refractivity contribution in [2.75, 3.05) is 12.4 Å². The number of carbonyl (C=O) groups is 2. The molecule has 1 N–H and O–H groups in total. The molecule has 0 unspecified atom stereocenters. The number of rotatable bonds is 5. The van der Waals surface area contributed by atoms with Crippen LogP contribution >= 0.6 is 23.4 Å². The molecule has 2 amide bonds.